The first-order valence-electron chi connectivity index (χ1n) is 11.6. The smallest absolute Gasteiger partial charge is 0.265 e. The van der Waals surface area contributed by atoms with Crippen LogP contribution in [-0.2, 0) is 9.59 Å². The fourth-order valence-electron chi connectivity index (χ4n) is 3.50. The molecule has 0 aliphatic carbocycles. The number of hydrogen-bond donors (Lipinski definition) is 2. The molecular formula is C28H32N2O3. The van der Waals surface area contributed by atoms with Crippen LogP contribution >= 0.6 is 0 Å². The maximum absolute atomic E-state index is 12.8. The Morgan fingerprint density at radius 1 is 0.788 bits per heavy atom. The molecule has 0 bridgehead atoms. The molecule has 0 fully saturated rings. The number of carbonyl (C=O) groups is 2. The Bertz CT molecular complexity index is 1030. The number of unbranched alkanes of at least 4 members (excludes halogenated alkanes) is 2. The average Bonchev–Trinajstić information content (AvgIpc) is 2.84. The van der Waals surface area contributed by atoms with Gasteiger partial charge in [0.15, 0.2) is 6.10 Å². The van der Waals surface area contributed by atoms with Gasteiger partial charge in [-0.05, 0) is 54.3 Å². The maximum Gasteiger partial charge on any atom is 0.265 e. The van der Waals surface area contributed by atoms with Crippen molar-refractivity contribution in [3.8, 4) is 16.9 Å². The molecule has 0 spiro atoms. The van der Waals surface area contributed by atoms with Crippen molar-refractivity contribution in [1.29, 1.82) is 0 Å². The molecule has 3 rings (SSSR count). The molecule has 0 radical (unpaired) electrons. The van der Waals surface area contributed by atoms with Gasteiger partial charge in [0.1, 0.15) is 5.75 Å². The van der Waals surface area contributed by atoms with E-state index in [1.807, 2.05) is 55.5 Å². The minimum Gasteiger partial charge on any atom is -0.481 e. The van der Waals surface area contributed by atoms with Gasteiger partial charge < -0.3 is 15.4 Å². The Morgan fingerprint density at radius 3 is 2.12 bits per heavy atom. The summed E-state index contributed by atoms with van der Waals surface area (Å²) in [6.07, 6.45) is 3.39. The van der Waals surface area contributed by atoms with Crippen molar-refractivity contribution in [3.63, 3.8) is 0 Å². The van der Waals surface area contributed by atoms with Crippen molar-refractivity contribution in [2.24, 2.45) is 0 Å². The van der Waals surface area contributed by atoms with Crippen LogP contribution in [0.3, 0.4) is 0 Å². The number of rotatable bonds is 11. The lowest BCUT2D eigenvalue weighted by molar-refractivity contribution is -0.122. The lowest BCUT2D eigenvalue weighted by Crippen LogP contribution is -2.32. The van der Waals surface area contributed by atoms with Crippen molar-refractivity contribution in [3.05, 3.63) is 78.9 Å². The van der Waals surface area contributed by atoms with Crippen LogP contribution < -0.4 is 15.4 Å². The number of ether oxygens (including phenoxy) is 1. The van der Waals surface area contributed by atoms with Gasteiger partial charge in [0.2, 0.25) is 5.91 Å². The van der Waals surface area contributed by atoms with E-state index >= 15 is 0 Å². The number of benzene rings is 3. The summed E-state index contributed by atoms with van der Waals surface area (Å²) in [5.74, 6) is 0.404. The highest BCUT2D eigenvalue weighted by atomic mass is 16.5. The standard InChI is InChI=1S/C28H32N2O3/c1-3-5-7-15-27(31)29-23-13-10-14-24(20-23)30-28(32)26(4-2)33-25-18-16-22(17-19-25)21-11-8-6-9-12-21/h6,8-14,16-20,26H,3-5,7,15H2,1-2H3,(H,29,31)(H,30,32). The van der Waals surface area contributed by atoms with Crippen molar-refractivity contribution >= 4 is 23.2 Å². The molecule has 0 aromatic heterocycles. The summed E-state index contributed by atoms with van der Waals surface area (Å²) in [4.78, 5) is 24.9. The predicted octanol–water partition coefficient (Wildman–Crippen LogP) is 6.67. The highest BCUT2D eigenvalue weighted by Gasteiger charge is 2.19. The van der Waals surface area contributed by atoms with Gasteiger partial charge in [-0.1, -0.05) is 75.2 Å². The molecule has 2 N–H and O–H groups in total. The molecule has 0 aliphatic rings. The molecular weight excluding hydrogens is 412 g/mol. The second-order valence-electron chi connectivity index (χ2n) is 7.98. The average molecular weight is 445 g/mol. The molecule has 3 aromatic carbocycles. The van der Waals surface area contributed by atoms with Crippen LogP contribution in [0.2, 0.25) is 0 Å². The molecule has 5 nitrogen and oxygen atoms in total. The van der Waals surface area contributed by atoms with Crippen LogP contribution in [0.15, 0.2) is 78.9 Å². The molecule has 0 heterocycles. The van der Waals surface area contributed by atoms with Crippen LogP contribution in [0.25, 0.3) is 11.1 Å². The molecule has 0 saturated carbocycles. The summed E-state index contributed by atoms with van der Waals surface area (Å²) in [6.45, 7) is 4.02. The third kappa shape index (κ3) is 7.49. The normalized spacial score (nSPS) is 11.5. The molecule has 0 saturated heterocycles. The molecule has 1 unspecified atom stereocenters. The quantitative estimate of drug-likeness (QED) is 0.325. The largest absolute Gasteiger partial charge is 0.481 e. The van der Waals surface area contributed by atoms with Gasteiger partial charge in [-0.15, -0.1) is 0 Å². The number of nitrogens with one attached hydrogen (secondary N) is 2. The first kappa shape index (κ1) is 24.1. The van der Waals surface area contributed by atoms with E-state index in [4.69, 9.17) is 4.74 Å². The van der Waals surface area contributed by atoms with E-state index in [0.29, 0.717) is 30.0 Å². The van der Waals surface area contributed by atoms with Crippen LogP contribution in [0.4, 0.5) is 11.4 Å². The summed E-state index contributed by atoms with van der Waals surface area (Å²) in [7, 11) is 0. The van der Waals surface area contributed by atoms with Gasteiger partial charge in [-0.2, -0.15) is 0 Å². The van der Waals surface area contributed by atoms with Crippen LogP contribution in [0.1, 0.15) is 46.0 Å². The van der Waals surface area contributed by atoms with Gasteiger partial charge in [-0.25, -0.2) is 0 Å². The second kappa shape index (κ2) is 12.4. The van der Waals surface area contributed by atoms with E-state index in [1.54, 1.807) is 18.2 Å². The Morgan fingerprint density at radius 2 is 1.45 bits per heavy atom. The molecule has 1 atom stereocenters. The number of carbonyl (C=O) groups excluding carboxylic acids is 2. The number of hydrogen-bond acceptors (Lipinski definition) is 3. The first-order chi connectivity index (χ1) is 16.1. The van der Waals surface area contributed by atoms with E-state index in [1.165, 1.54) is 0 Å². The lowest BCUT2D eigenvalue weighted by Gasteiger charge is -2.18. The van der Waals surface area contributed by atoms with E-state index in [-0.39, 0.29) is 11.8 Å². The fraction of sp³-hybridized carbons (Fsp3) is 0.286. The SMILES string of the molecule is CCCCCC(=O)Nc1cccc(NC(=O)C(CC)Oc2ccc(-c3ccccc3)cc2)c1. The highest BCUT2D eigenvalue weighted by Crippen LogP contribution is 2.23. The van der Waals surface area contributed by atoms with Crippen LogP contribution in [0.5, 0.6) is 5.75 Å². The van der Waals surface area contributed by atoms with Crippen LogP contribution in [0, 0.1) is 0 Å². The highest BCUT2D eigenvalue weighted by molar-refractivity contribution is 5.96. The zero-order chi connectivity index (χ0) is 23.5. The minimum atomic E-state index is -0.625. The molecule has 2 amide bonds. The van der Waals surface area contributed by atoms with Crippen molar-refractivity contribution in [1.82, 2.24) is 0 Å². The number of amides is 2. The van der Waals surface area contributed by atoms with E-state index in [9.17, 15) is 9.59 Å². The van der Waals surface area contributed by atoms with Crippen molar-refractivity contribution in [2.45, 2.75) is 52.1 Å². The second-order valence-corrected chi connectivity index (χ2v) is 7.98. The zero-order valence-corrected chi connectivity index (χ0v) is 19.3. The summed E-state index contributed by atoms with van der Waals surface area (Å²) in [5, 5.41) is 5.80. The van der Waals surface area contributed by atoms with E-state index < -0.39 is 6.10 Å². The Hall–Kier alpha value is -3.60. The summed E-state index contributed by atoms with van der Waals surface area (Å²) in [5.41, 5.74) is 3.51. The molecule has 172 valence electrons. The van der Waals surface area contributed by atoms with Gasteiger partial charge in [0.05, 0.1) is 0 Å². The maximum atomic E-state index is 12.8. The van der Waals surface area contributed by atoms with E-state index in [2.05, 4.69) is 29.7 Å². The zero-order valence-electron chi connectivity index (χ0n) is 19.3. The van der Waals surface area contributed by atoms with Gasteiger partial charge >= 0.3 is 0 Å². The molecule has 5 heteroatoms. The van der Waals surface area contributed by atoms with Crippen molar-refractivity contribution in [2.75, 3.05) is 10.6 Å². The van der Waals surface area contributed by atoms with E-state index in [0.717, 1.165) is 30.4 Å². The fourth-order valence-corrected chi connectivity index (χ4v) is 3.50. The summed E-state index contributed by atoms with van der Waals surface area (Å²) >= 11 is 0. The minimum absolute atomic E-state index is 0.0133. The van der Waals surface area contributed by atoms with Gasteiger partial charge in [0, 0.05) is 17.8 Å². The number of anilines is 2. The first-order valence-corrected chi connectivity index (χ1v) is 11.6. The van der Waals surface area contributed by atoms with Crippen LogP contribution in [-0.4, -0.2) is 17.9 Å². The van der Waals surface area contributed by atoms with Gasteiger partial charge in [-0.3, -0.25) is 9.59 Å². The Balaban J connectivity index is 1.58. The Labute approximate surface area is 196 Å². The monoisotopic (exact) mass is 444 g/mol. The molecule has 3 aromatic rings. The summed E-state index contributed by atoms with van der Waals surface area (Å²) < 4.78 is 5.96. The topological polar surface area (TPSA) is 67.4 Å². The molecule has 33 heavy (non-hydrogen) atoms. The predicted molar refractivity (Wildman–Crippen MR) is 134 cm³/mol. The third-order valence-electron chi connectivity index (χ3n) is 5.32. The third-order valence-corrected chi connectivity index (χ3v) is 5.32. The Kier molecular flexibility index (Phi) is 9.07. The van der Waals surface area contributed by atoms with Crippen molar-refractivity contribution < 1.29 is 14.3 Å². The van der Waals surface area contributed by atoms with Gasteiger partial charge in [0.25, 0.3) is 5.91 Å². The summed E-state index contributed by atoms with van der Waals surface area (Å²) in [6, 6.07) is 25.0. The lowest BCUT2D eigenvalue weighted by atomic mass is 10.1. The molecule has 0 aliphatic heterocycles.